The van der Waals surface area contributed by atoms with Crippen LogP contribution in [0.15, 0.2) is 0 Å². The van der Waals surface area contributed by atoms with Crippen molar-refractivity contribution in [2.45, 2.75) is 44.6 Å². The van der Waals surface area contributed by atoms with Crippen LogP contribution in [0, 0.1) is 5.92 Å². The van der Waals surface area contributed by atoms with Gasteiger partial charge in [-0.15, -0.1) is 0 Å². The van der Waals surface area contributed by atoms with Gasteiger partial charge in [-0.2, -0.15) is 0 Å². The molecule has 0 bridgehead atoms. The molecule has 0 aromatic rings. The van der Waals surface area contributed by atoms with E-state index < -0.39 is 0 Å². The highest BCUT2D eigenvalue weighted by Crippen LogP contribution is 2.26. The summed E-state index contributed by atoms with van der Waals surface area (Å²) in [6, 6.07) is 0.857. The molecule has 1 atom stereocenters. The molecule has 0 amide bonds. The summed E-state index contributed by atoms with van der Waals surface area (Å²) in [6.07, 6.45) is 8.86. The van der Waals surface area contributed by atoms with Crippen molar-refractivity contribution in [2.24, 2.45) is 5.92 Å². The van der Waals surface area contributed by atoms with Crippen molar-refractivity contribution in [1.82, 2.24) is 15.1 Å². The Hall–Kier alpha value is -0.120. The zero-order valence-electron chi connectivity index (χ0n) is 11.7. The molecule has 3 fully saturated rings. The third-order valence-electron chi connectivity index (χ3n) is 5.16. The van der Waals surface area contributed by atoms with Crippen LogP contribution in [0.2, 0.25) is 0 Å². The Kier molecular flexibility index (Phi) is 4.55. The van der Waals surface area contributed by atoms with E-state index in [0.717, 1.165) is 12.0 Å². The van der Waals surface area contributed by atoms with Gasteiger partial charge >= 0.3 is 0 Å². The van der Waals surface area contributed by atoms with E-state index in [1.807, 2.05) is 0 Å². The number of likely N-dealkylation sites (tertiary alicyclic amines) is 1. The second-order valence-electron chi connectivity index (χ2n) is 6.49. The van der Waals surface area contributed by atoms with Crippen molar-refractivity contribution in [3.63, 3.8) is 0 Å². The highest BCUT2D eigenvalue weighted by molar-refractivity contribution is 4.86. The molecular weight excluding hydrogens is 222 g/mol. The van der Waals surface area contributed by atoms with Gasteiger partial charge in [0.2, 0.25) is 0 Å². The van der Waals surface area contributed by atoms with Crippen molar-refractivity contribution < 1.29 is 0 Å². The van der Waals surface area contributed by atoms with E-state index >= 15 is 0 Å². The predicted octanol–water partition coefficient (Wildman–Crippen LogP) is 1.55. The van der Waals surface area contributed by atoms with Crippen LogP contribution in [-0.4, -0.2) is 61.7 Å². The van der Waals surface area contributed by atoms with E-state index in [4.69, 9.17) is 0 Å². The molecule has 1 unspecified atom stereocenters. The smallest absolute Gasteiger partial charge is 0.0236 e. The molecule has 3 aliphatic rings. The third kappa shape index (κ3) is 3.25. The number of hydrogen-bond acceptors (Lipinski definition) is 3. The topological polar surface area (TPSA) is 18.5 Å². The molecule has 0 radical (unpaired) electrons. The Morgan fingerprint density at radius 1 is 0.889 bits per heavy atom. The van der Waals surface area contributed by atoms with Crippen LogP contribution in [0.25, 0.3) is 0 Å². The number of piperazine rings is 1. The van der Waals surface area contributed by atoms with Gasteiger partial charge in [-0.3, -0.25) is 4.90 Å². The average molecular weight is 251 g/mol. The lowest BCUT2D eigenvalue weighted by Gasteiger charge is -2.33. The molecule has 1 aliphatic carbocycles. The van der Waals surface area contributed by atoms with Crippen LogP contribution in [0.1, 0.15) is 38.5 Å². The molecule has 0 aromatic heterocycles. The number of rotatable bonds is 3. The van der Waals surface area contributed by atoms with E-state index in [1.54, 1.807) is 0 Å². The largest absolute Gasteiger partial charge is 0.314 e. The van der Waals surface area contributed by atoms with Gasteiger partial charge < -0.3 is 10.2 Å². The monoisotopic (exact) mass is 251 g/mol. The van der Waals surface area contributed by atoms with Gasteiger partial charge in [0.1, 0.15) is 0 Å². The molecule has 2 aliphatic heterocycles. The van der Waals surface area contributed by atoms with Gasteiger partial charge in [-0.25, -0.2) is 0 Å². The first-order valence-electron chi connectivity index (χ1n) is 8.09. The quantitative estimate of drug-likeness (QED) is 0.821. The first-order valence-corrected chi connectivity index (χ1v) is 8.09. The van der Waals surface area contributed by atoms with Crippen LogP contribution in [-0.2, 0) is 0 Å². The number of nitrogens with one attached hydrogen (secondary N) is 1. The zero-order valence-corrected chi connectivity index (χ0v) is 11.7. The Bertz CT molecular complexity index is 244. The lowest BCUT2D eigenvalue weighted by Crippen LogP contribution is -2.49. The fourth-order valence-electron chi connectivity index (χ4n) is 4.06. The third-order valence-corrected chi connectivity index (χ3v) is 5.16. The minimum Gasteiger partial charge on any atom is -0.314 e. The molecule has 2 heterocycles. The normalized spacial score (nSPS) is 33.0. The lowest BCUT2D eigenvalue weighted by atomic mass is 9.89. The Morgan fingerprint density at radius 3 is 2.44 bits per heavy atom. The molecule has 18 heavy (non-hydrogen) atoms. The summed E-state index contributed by atoms with van der Waals surface area (Å²) >= 11 is 0. The van der Waals surface area contributed by atoms with E-state index in [-0.39, 0.29) is 0 Å². The molecule has 3 rings (SSSR count). The minimum absolute atomic E-state index is 0.857. The van der Waals surface area contributed by atoms with E-state index in [0.29, 0.717) is 0 Å². The van der Waals surface area contributed by atoms with Gasteiger partial charge in [0, 0.05) is 45.3 Å². The SMILES string of the molecule is C1CCC(CN2CCC(N3CCNCC3)C2)CC1. The molecule has 104 valence electrons. The second kappa shape index (κ2) is 6.36. The summed E-state index contributed by atoms with van der Waals surface area (Å²) in [5.74, 6) is 1.01. The maximum atomic E-state index is 3.46. The van der Waals surface area contributed by atoms with Crippen molar-refractivity contribution >= 4 is 0 Å². The summed E-state index contributed by atoms with van der Waals surface area (Å²) in [7, 11) is 0. The molecule has 2 saturated heterocycles. The van der Waals surface area contributed by atoms with Crippen LogP contribution >= 0.6 is 0 Å². The number of nitrogens with zero attached hydrogens (tertiary/aromatic N) is 2. The Labute approximate surface area is 112 Å². The second-order valence-corrected chi connectivity index (χ2v) is 6.49. The maximum absolute atomic E-state index is 3.46. The summed E-state index contributed by atoms with van der Waals surface area (Å²) in [6.45, 7) is 9.01. The molecule has 1 N–H and O–H groups in total. The Balaban J connectivity index is 1.42. The van der Waals surface area contributed by atoms with Crippen LogP contribution in [0.3, 0.4) is 0 Å². The Morgan fingerprint density at radius 2 is 1.67 bits per heavy atom. The van der Waals surface area contributed by atoms with Gasteiger partial charge in [-0.05, 0) is 31.7 Å². The van der Waals surface area contributed by atoms with Gasteiger partial charge in [0.15, 0.2) is 0 Å². The highest BCUT2D eigenvalue weighted by Gasteiger charge is 2.29. The standard InChI is InChI=1S/C15H29N3/c1-2-4-14(5-3-1)12-17-9-6-15(13-17)18-10-7-16-8-11-18/h14-16H,1-13H2. The first kappa shape index (κ1) is 12.9. The van der Waals surface area contributed by atoms with Gasteiger partial charge in [0.05, 0.1) is 0 Å². The average Bonchev–Trinajstić information content (AvgIpc) is 2.89. The minimum atomic E-state index is 0.857. The molecule has 0 aromatic carbocycles. The zero-order chi connectivity index (χ0) is 12.2. The first-order chi connectivity index (χ1) is 8.92. The fourth-order valence-corrected chi connectivity index (χ4v) is 4.06. The lowest BCUT2D eigenvalue weighted by molar-refractivity contribution is 0.163. The van der Waals surface area contributed by atoms with Gasteiger partial charge in [-0.1, -0.05) is 19.3 Å². The summed E-state index contributed by atoms with van der Waals surface area (Å²) in [5.41, 5.74) is 0. The van der Waals surface area contributed by atoms with E-state index in [1.165, 1.54) is 84.3 Å². The maximum Gasteiger partial charge on any atom is 0.0236 e. The van der Waals surface area contributed by atoms with Crippen LogP contribution < -0.4 is 5.32 Å². The summed E-state index contributed by atoms with van der Waals surface area (Å²) in [4.78, 5) is 5.47. The fraction of sp³-hybridized carbons (Fsp3) is 1.00. The van der Waals surface area contributed by atoms with Crippen molar-refractivity contribution in [2.75, 3.05) is 45.8 Å². The van der Waals surface area contributed by atoms with Crippen molar-refractivity contribution in [3.05, 3.63) is 0 Å². The molecule has 1 saturated carbocycles. The van der Waals surface area contributed by atoms with Crippen LogP contribution in [0.5, 0.6) is 0 Å². The van der Waals surface area contributed by atoms with Crippen molar-refractivity contribution in [1.29, 1.82) is 0 Å². The molecule has 0 spiro atoms. The van der Waals surface area contributed by atoms with Gasteiger partial charge in [0.25, 0.3) is 0 Å². The molecule has 3 heteroatoms. The molecule has 3 nitrogen and oxygen atoms in total. The summed E-state index contributed by atoms with van der Waals surface area (Å²) in [5, 5.41) is 3.46. The highest BCUT2D eigenvalue weighted by atomic mass is 15.3. The predicted molar refractivity (Wildman–Crippen MR) is 75.9 cm³/mol. The molecular formula is C15H29N3. The van der Waals surface area contributed by atoms with Crippen LogP contribution in [0.4, 0.5) is 0 Å². The van der Waals surface area contributed by atoms with Crippen molar-refractivity contribution in [3.8, 4) is 0 Å². The number of hydrogen-bond donors (Lipinski definition) is 1. The summed E-state index contributed by atoms with van der Waals surface area (Å²) < 4.78 is 0. The van der Waals surface area contributed by atoms with E-state index in [2.05, 4.69) is 15.1 Å². The van der Waals surface area contributed by atoms with E-state index in [9.17, 15) is 0 Å².